The summed E-state index contributed by atoms with van der Waals surface area (Å²) in [5.74, 6) is -0.343. The summed E-state index contributed by atoms with van der Waals surface area (Å²) >= 11 is 0. The molecule has 1 heterocycles. The van der Waals surface area contributed by atoms with E-state index in [1.807, 2.05) is 14.0 Å². The summed E-state index contributed by atoms with van der Waals surface area (Å²) in [5.41, 5.74) is 1.50. The van der Waals surface area contributed by atoms with Crippen LogP contribution in [-0.4, -0.2) is 15.5 Å². The van der Waals surface area contributed by atoms with Crippen molar-refractivity contribution in [1.29, 1.82) is 0 Å². The number of amides is 1. The fourth-order valence-corrected chi connectivity index (χ4v) is 3.05. The number of aryl methyl sites for hydroxylation is 1. The van der Waals surface area contributed by atoms with Gasteiger partial charge < -0.3 is 9.88 Å². The number of hydrogen-bond donors (Lipinski definition) is 1. The zero-order valence-corrected chi connectivity index (χ0v) is 15.2. The van der Waals surface area contributed by atoms with E-state index in [2.05, 4.69) is 10.3 Å². The lowest BCUT2D eigenvalue weighted by Crippen LogP contribution is -2.31. The van der Waals surface area contributed by atoms with E-state index in [9.17, 15) is 13.6 Å². The van der Waals surface area contributed by atoms with Crippen LogP contribution in [0.2, 0.25) is 0 Å². The number of imidazole rings is 1. The van der Waals surface area contributed by atoms with E-state index in [0.29, 0.717) is 11.4 Å². The number of rotatable bonds is 6. The number of benzene rings is 2. The van der Waals surface area contributed by atoms with Crippen molar-refractivity contribution in [3.63, 3.8) is 0 Å². The molecule has 3 aromatic rings. The lowest BCUT2D eigenvalue weighted by Gasteiger charge is -2.20. The van der Waals surface area contributed by atoms with Crippen molar-refractivity contribution in [2.24, 2.45) is 7.05 Å². The number of hydrogen-bond acceptors (Lipinski definition) is 2. The Kier molecular flexibility index (Phi) is 5.64. The van der Waals surface area contributed by atoms with Gasteiger partial charge in [-0.1, -0.05) is 31.2 Å². The van der Waals surface area contributed by atoms with E-state index in [1.54, 1.807) is 41.2 Å². The summed E-state index contributed by atoms with van der Waals surface area (Å²) in [6.45, 7) is 1.91. The standard InChI is InChI=1S/C21H21F2N3O/c1-14(15-6-8-17(22)9-7-15)12-19(27)25-20(21-24-10-11-26(21)2)16-4-3-5-18(23)13-16/h3-11,13-14,20H,12H2,1-2H3,(H,25,27). The molecule has 0 radical (unpaired) electrons. The molecule has 3 rings (SSSR count). The average molecular weight is 369 g/mol. The second-order valence-electron chi connectivity index (χ2n) is 6.61. The Morgan fingerprint density at radius 2 is 1.85 bits per heavy atom. The molecule has 2 atom stereocenters. The maximum atomic E-state index is 13.7. The van der Waals surface area contributed by atoms with Gasteiger partial charge in [0.1, 0.15) is 23.5 Å². The van der Waals surface area contributed by atoms with Gasteiger partial charge in [-0.2, -0.15) is 0 Å². The SMILES string of the molecule is CC(CC(=O)NC(c1cccc(F)c1)c1nccn1C)c1ccc(F)cc1. The first-order chi connectivity index (χ1) is 12.9. The first-order valence-electron chi connectivity index (χ1n) is 8.71. The summed E-state index contributed by atoms with van der Waals surface area (Å²) in [6.07, 6.45) is 3.63. The summed E-state index contributed by atoms with van der Waals surface area (Å²) in [4.78, 5) is 17.0. The van der Waals surface area contributed by atoms with Gasteiger partial charge in [0.05, 0.1) is 0 Å². The van der Waals surface area contributed by atoms with Gasteiger partial charge in [0.2, 0.25) is 5.91 Å². The van der Waals surface area contributed by atoms with Crippen molar-refractivity contribution >= 4 is 5.91 Å². The summed E-state index contributed by atoms with van der Waals surface area (Å²) in [7, 11) is 1.82. The highest BCUT2D eigenvalue weighted by Crippen LogP contribution is 2.24. The number of aromatic nitrogens is 2. The Balaban J connectivity index is 1.78. The second-order valence-corrected chi connectivity index (χ2v) is 6.61. The second kappa shape index (κ2) is 8.12. The highest BCUT2D eigenvalue weighted by molar-refractivity contribution is 5.77. The molecule has 0 aliphatic rings. The van der Waals surface area contributed by atoms with Gasteiger partial charge in [-0.25, -0.2) is 13.8 Å². The van der Waals surface area contributed by atoms with Crippen molar-refractivity contribution < 1.29 is 13.6 Å². The Morgan fingerprint density at radius 1 is 1.11 bits per heavy atom. The lowest BCUT2D eigenvalue weighted by molar-refractivity contribution is -0.122. The Morgan fingerprint density at radius 3 is 2.48 bits per heavy atom. The van der Waals surface area contributed by atoms with Gasteiger partial charge in [-0.15, -0.1) is 0 Å². The molecular weight excluding hydrogens is 348 g/mol. The predicted molar refractivity (Wildman–Crippen MR) is 99.0 cm³/mol. The van der Waals surface area contributed by atoms with Crippen LogP contribution in [0.15, 0.2) is 60.9 Å². The average Bonchev–Trinajstić information content (AvgIpc) is 3.06. The zero-order chi connectivity index (χ0) is 19.4. The van der Waals surface area contributed by atoms with E-state index in [0.717, 1.165) is 5.56 Å². The molecule has 1 amide bonds. The number of nitrogens with one attached hydrogen (secondary N) is 1. The molecule has 0 fully saturated rings. The monoisotopic (exact) mass is 369 g/mol. The van der Waals surface area contributed by atoms with Gasteiger partial charge in [-0.3, -0.25) is 4.79 Å². The topological polar surface area (TPSA) is 46.9 Å². The molecule has 2 aromatic carbocycles. The molecule has 0 bridgehead atoms. The fraction of sp³-hybridized carbons (Fsp3) is 0.238. The zero-order valence-electron chi connectivity index (χ0n) is 15.2. The number of carbonyl (C=O) groups is 1. The number of nitrogens with zero attached hydrogens (tertiary/aromatic N) is 2. The smallest absolute Gasteiger partial charge is 0.221 e. The van der Waals surface area contributed by atoms with Crippen LogP contribution in [0.3, 0.4) is 0 Å². The lowest BCUT2D eigenvalue weighted by atomic mass is 9.97. The van der Waals surface area contributed by atoms with E-state index < -0.39 is 6.04 Å². The van der Waals surface area contributed by atoms with Crippen LogP contribution in [0, 0.1) is 11.6 Å². The Bertz CT molecular complexity index is 921. The molecule has 0 aliphatic heterocycles. The Labute approximate surface area is 156 Å². The third-order valence-corrected chi connectivity index (χ3v) is 4.53. The normalized spacial score (nSPS) is 13.2. The fourth-order valence-electron chi connectivity index (χ4n) is 3.05. The van der Waals surface area contributed by atoms with Gasteiger partial charge in [0, 0.05) is 25.9 Å². The molecule has 1 N–H and O–H groups in total. The highest BCUT2D eigenvalue weighted by atomic mass is 19.1. The van der Waals surface area contributed by atoms with Gasteiger partial charge in [0.25, 0.3) is 0 Å². The summed E-state index contributed by atoms with van der Waals surface area (Å²) in [6, 6.07) is 11.7. The first kappa shape index (κ1) is 18.8. The van der Waals surface area contributed by atoms with Gasteiger partial charge in [0.15, 0.2) is 0 Å². The summed E-state index contributed by atoms with van der Waals surface area (Å²) < 4.78 is 28.6. The van der Waals surface area contributed by atoms with Crippen LogP contribution < -0.4 is 5.32 Å². The summed E-state index contributed by atoms with van der Waals surface area (Å²) in [5, 5.41) is 2.95. The van der Waals surface area contributed by atoms with E-state index >= 15 is 0 Å². The van der Waals surface area contributed by atoms with E-state index in [4.69, 9.17) is 0 Å². The van der Waals surface area contributed by atoms with Crippen molar-refractivity contribution in [3.8, 4) is 0 Å². The van der Waals surface area contributed by atoms with Crippen LogP contribution >= 0.6 is 0 Å². The molecule has 1 aromatic heterocycles. The first-order valence-corrected chi connectivity index (χ1v) is 8.71. The van der Waals surface area contributed by atoms with E-state index in [-0.39, 0.29) is 29.9 Å². The number of carbonyl (C=O) groups excluding carboxylic acids is 1. The molecule has 27 heavy (non-hydrogen) atoms. The molecule has 2 unspecified atom stereocenters. The molecule has 0 saturated heterocycles. The molecule has 4 nitrogen and oxygen atoms in total. The molecular formula is C21H21F2N3O. The quantitative estimate of drug-likeness (QED) is 0.711. The van der Waals surface area contributed by atoms with Gasteiger partial charge >= 0.3 is 0 Å². The maximum Gasteiger partial charge on any atom is 0.221 e. The van der Waals surface area contributed by atoms with Crippen molar-refractivity contribution in [1.82, 2.24) is 14.9 Å². The maximum absolute atomic E-state index is 13.7. The van der Waals surface area contributed by atoms with Crippen LogP contribution in [-0.2, 0) is 11.8 Å². The Hall–Kier alpha value is -3.02. The molecule has 6 heteroatoms. The molecule has 0 aliphatic carbocycles. The predicted octanol–water partition coefficient (Wildman–Crippen LogP) is 4.10. The van der Waals surface area contributed by atoms with Gasteiger partial charge in [-0.05, 0) is 41.3 Å². The molecule has 0 spiro atoms. The van der Waals surface area contributed by atoms with Crippen LogP contribution in [0.4, 0.5) is 8.78 Å². The number of halogens is 2. The van der Waals surface area contributed by atoms with Crippen molar-refractivity contribution in [3.05, 3.63) is 89.5 Å². The highest BCUT2D eigenvalue weighted by Gasteiger charge is 2.22. The van der Waals surface area contributed by atoms with Crippen LogP contribution in [0.25, 0.3) is 0 Å². The minimum absolute atomic E-state index is 0.0832. The molecule has 140 valence electrons. The van der Waals surface area contributed by atoms with Crippen molar-refractivity contribution in [2.45, 2.75) is 25.3 Å². The molecule has 0 saturated carbocycles. The minimum atomic E-state index is -0.561. The third kappa shape index (κ3) is 4.58. The van der Waals surface area contributed by atoms with Crippen LogP contribution in [0.5, 0.6) is 0 Å². The third-order valence-electron chi connectivity index (χ3n) is 4.53. The van der Waals surface area contributed by atoms with Crippen LogP contribution in [0.1, 0.15) is 42.3 Å². The largest absolute Gasteiger partial charge is 0.342 e. The van der Waals surface area contributed by atoms with E-state index in [1.165, 1.54) is 24.3 Å². The van der Waals surface area contributed by atoms with Crippen molar-refractivity contribution in [2.75, 3.05) is 0 Å². The minimum Gasteiger partial charge on any atom is -0.342 e.